The molecule has 4 rings (SSSR count). The van der Waals surface area contributed by atoms with Crippen molar-refractivity contribution in [3.8, 4) is 5.75 Å². The molecule has 0 spiro atoms. The summed E-state index contributed by atoms with van der Waals surface area (Å²) in [5.41, 5.74) is 3.03. The molecule has 0 saturated heterocycles. The Bertz CT molecular complexity index is 950. The summed E-state index contributed by atoms with van der Waals surface area (Å²) in [6.45, 7) is 4.25. The molecule has 2 aliphatic rings. The smallest absolute Gasteiger partial charge is 0.305 e. The highest BCUT2D eigenvalue weighted by Crippen LogP contribution is 2.49. The maximum Gasteiger partial charge on any atom is 0.305 e. The summed E-state index contributed by atoms with van der Waals surface area (Å²) in [4.78, 5) is 24.4. The molecule has 6 nitrogen and oxygen atoms in total. The van der Waals surface area contributed by atoms with Crippen molar-refractivity contribution in [1.29, 1.82) is 0 Å². The zero-order valence-electron chi connectivity index (χ0n) is 15.6. The first-order valence-corrected chi connectivity index (χ1v) is 9.51. The van der Waals surface area contributed by atoms with Gasteiger partial charge in [-0.05, 0) is 24.0 Å². The fraction of sp³-hybridized carbons (Fsp3) is 0.429. The number of esters is 1. The molecule has 27 heavy (non-hydrogen) atoms. The van der Waals surface area contributed by atoms with Crippen molar-refractivity contribution in [3.05, 3.63) is 57.5 Å². The molecule has 2 aliphatic heterocycles. The molecule has 3 heterocycles. The summed E-state index contributed by atoms with van der Waals surface area (Å²) in [5.74, 6) is 0.0846. The molecule has 0 bridgehead atoms. The van der Waals surface area contributed by atoms with Crippen molar-refractivity contribution >= 4 is 11.7 Å². The summed E-state index contributed by atoms with van der Waals surface area (Å²) >= 11 is 0. The SMILES string of the molecule is CCC(=O)OCc1c(O)cc2n(c1=O)CC1C(CC)c3ccccc3NC21. The summed E-state index contributed by atoms with van der Waals surface area (Å²) in [5, 5.41) is 14.0. The predicted molar refractivity (Wildman–Crippen MR) is 102 cm³/mol. The van der Waals surface area contributed by atoms with E-state index >= 15 is 0 Å². The lowest BCUT2D eigenvalue weighted by Crippen LogP contribution is -2.28. The molecule has 2 N–H and O–H groups in total. The number of benzene rings is 1. The number of hydrogen-bond acceptors (Lipinski definition) is 5. The predicted octanol–water partition coefficient (Wildman–Crippen LogP) is 3.30. The van der Waals surface area contributed by atoms with Crippen LogP contribution in [-0.2, 0) is 22.7 Å². The van der Waals surface area contributed by atoms with E-state index in [1.807, 2.05) is 12.1 Å². The second kappa shape index (κ2) is 6.76. The first-order valence-electron chi connectivity index (χ1n) is 9.51. The fourth-order valence-electron chi connectivity index (χ4n) is 4.48. The van der Waals surface area contributed by atoms with Crippen LogP contribution < -0.4 is 10.9 Å². The molecule has 0 radical (unpaired) electrons. The lowest BCUT2D eigenvalue weighted by molar-refractivity contribution is -0.144. The van der Waals surface area contributed by atoms with Gasteiger partial charge in [-0.2, -0.15) is 0 Å². The van der Waals surface area contributed by atoms with Crippen molar-refractivity contribution in [3.63, 3.8) is 0 Å². The number of ether oxygens (including phenoxy) is 1. The Balaban J connectivity index is 1.73. The van der Waals surface area contributed by atoms with Crippen LogP contribution >= 0.6 is 0 Å². The minimum atomic E-state index is -0.392. The number of nitrogens with zero attached hydrogens (tertiary/aromatic N) is 1. The maximum absolute atomic E-state index is 13.0. The Labute approximate surface area is 157 Å². The standard InChI is InChI=1S/C21H24N2O4/c1-3-12-13-7-5-6-8-16(13)22-20-14(12)10-23-17(20)9-18(24)15(21(23)26)11-27-19(25)4-2/h5-9,12,14,20,22,24H,3-4,10-11H2,1-2H3. The van der Waals surface area contributed by atoms with E-state index in [9.17, 15) is 14.7 Å². The quantitative estimate of drug-likeness (QED) is 0.810. The van der Waals surface area contributed by atoms with Gasteiger partial charge in [-0.3, -0.25) is 9.59 Å². The number of carbonyl (C=O) groups is 1. The zero-order valence-corrected chi connectivity index (χ0v) is 15.6. The van der Waals surface area contributed by atoms with Gasteiger partial charge in [0.2, 0.25) is 0 Å². The second-order valence-electron chi connectivity index (χ2n) is 7.25. The van der Waals surface area contributed by atoms with Crippen LogP contribution in [-0.4, -0.2) is 15.6 Å². The molecular weight excluding hydrogens is 344 g/mol. The average molecular weight is 368 g/mol. The molecule has 1 aromatic carbocycles. The Morgan fingerprint density at radius 3 is 2.85 bits per heavy atom. The summed E-state index contributed by atoms with van der Waals surface area (Å²) in [7, 11) is 0. The van der Waals surface area contributed by atoms with Crippen LogP contribution in [0.25, 0.3) is 0 Å². The molecule has 1 aromatic heterocycles. The third kappa shape index (κ3) is 2.80. The summed E-state index contributed by atoms with van der Waals surface area (Å²) in [6.07, 6.45) is 1.22. The number of para-hydroxylation sites is 1. The van der Waals surface area contributed by atoms with E-state index in [0.717, 1.165) is 17.8 Å². The number of rotatable bonds is 4. The van der Waals surface area contributed by atoms with Crippen LogP contribution in [0, 0.1) is 5.92 Å². The molecule has 142 valence electrons. The molecule has 2 aromatic rings. The first-order chi connectivity index (χ1) is 13.0. The summed E-state index contributed by atoms with van der Waals surface area (Å²) < 4.78 is 6.81. The van der Waals surface area contributed by atoms with Crippen molar-refractivity contribution in [2.45, 2.75) is 51.8 Å². The lowest BCUT2D eigenvalue weighted by atomic mass is 9.76. The molecule has 0 fully saturated rings. The van der Waals surface area contributed by atoms with E-state index < -0.39 is 5.97 Å². The lowest BCUT2D eigenvalue weighted by Gasteiger charge is -2.36. The number of aromatic hydroxyl groups is 1. The van der Waals surface area contributed by atoms with Gasteiger partial charge in [-0.1, -0.05) is 32.0 Å². The molecule has 0 amide bonds. The highest BCUT2D eigenvalue weighted by Gasteiger charge is 2.43. The molecule has 6 heteroatoms. The number of carbonyl (C=O) groups excluding carboxylic acids is 1. The fourth-order valence-corrected chi connectivity index (χ4v) is 4.48. The van der Waals surface area contributed by atoms with Crippen LogP contribution in [0.2, 0.25) is 0 Å². The topological polar surface area (TPSA) is 80.6 Å². The van der Waals surface area contributed by atoms with Gasteiger partial charge < -0.3 is 19.7 Å². The Morgan fingerprint density at radius 2 is 2.11 bits per heavy atom. The van der Waals surface area contributed by atoms with Crippen molar-refractivity contribution in [1.82, 2.24) is 4.57 Å². The Morgan fingerprint density at radius 1 is 1.33 bits per heavy atom. The van der Waals surface area contributed by atoms with Crippen LogP contribution in [0.1, 0.15) is 55.5 Å². The van der Waals surface area contributed by atoms with E-state index in [2.05, 4.69) is 24.4 Å². The van der Waals surface area contributed by atoms with E-state index in [1.54, 1.807) is 17.6 Å². The average Bonchev–Trinajstić information content (AvgIpc) is 3.04. The Hall–Kier alpha value is -2.76. The van der Waals surface area contributed by atoms with Crippen molar-refractivity contribution < 1.29 is 14.6 Å². The number of nitrogens with one attached hydrogen (secondary N) is 1. The van der Waals surface area contributed by atoms with E-state index in [1.165, 1.54) is 5.56 Å². The summed E-state index contributed by atoms with van der Waals surface area (Å²) in [6, 6.07) is 9.89. The maximum atomic E-state index is 13.0. The van der Waals surface area contributed by atoms with Gasteiger partial charge in [-0.15, -0.1) is 0 Å². The third-order valence-corrected chi connectivity index (χ3v) is 5.84. The van der Waals surface area contributed by atoms with Gasteiger partial charge in [0.15, 0.2) is 0 Å². The molecule has 0 saturated carbocycles. The van der Waals surface area contributed by atoms with Gasteiger partial charge in [0.1, 0.15) is 12.4 Å². The van der Waals surface area contributed by atoms with Gasteiger partial charge in [-0.25, -0.2) is 0 Å². The van der Waals surface area contributed by atoms with Crippen LogP contribution in [0.4, 0.5) is 5.69 Å². The number of hydrogen-bond donors (Lipinski definition) is 2. The molecule has 0 aliphatic carbocycles. The van der Waals surface area contributed by atoms with Crippen molar-refractivity contribution in [2.75, 3.05) is 5.32 Å². The molecule has 3 unspecified atom stereocenters. The van der Waals surface area contributed by atoms with Gasteiger partial charge in [0, 0.05) is 36.3 Å². The highest BCUT2D eigenvalue weighted by atomic mass is 16.5. The normalized spacial score (nSPS) is 22.4. The third-order valence-electron chi connectivity index (χ3n) is 5.84. The number of fused-ring (bicyclic) bond motifs is 4. The molecular formula is C21H24N2O4. The number of pyridine rings is 1. The number of aromatic nitrogens is 1. The monoisotopic (exact) mass is 368 g/mol. The van der Waals surface area contributed by atoms with E-state index in [-0.39, 0.29) is 41.9 Å². The van der Waals surface area contributed by atoms with Crippen LogP contribution in [0.15, 0.2) is 35.1 Å². The first kappa shape index (κ1) is 17.6. The van der Waals surface area contributed by atoms with E-state index in [4.69, 9.17) is 4.74 Å². The molecule has 3 atom stereocenters. The van der Waals surface area contributed by atoms with Crippen LogP contribution in [0.3, 0.4) is 0 Å². The van der Waals surface area contributed by atoms with Gasteiger partial charge in [0.05, 0.1) is 11.6 Å². The minimum absolute atomic E-state index is 0.0179. The van der Waals surface area contributed by atoms with Gasteiger partial charge in [0.25, 0.3) is 5.56 Å². The Kier molecular flexibility index (Phi) is 4.42. The second-order valence-corrected chi connectivity index (χ2v) is 7.25. The number of anilines is 1. The zero-order chi connectivity index (χ0) is 19.1. The van der Waals surface area contributed by atoms with Crippen molar-refractivity contribution in [2.24, 2.45) is 5.92 Å². The highest BCUT2D eigenvalue weighted by molar-refractivity contribution is 5.69. The minimum Gasteiger partial charge on any atom is -0.507 e. The largest absolute Gasteiger partial charge is 0.507 e. The van der Waals surface area contributed by atoms with E-state index in [0.29, 0.717) is 12.5 Å². The van der Waals surface area contributed by atoms with Crippen LogP contribution in [0.5, 0.6) is 5.75 Å². The van der Waals surface area contributed by atoms with Gasteiger partial charge >= 0.3 is 5.97 Å².